The summed E-state index contributed by atoms with van der Waals surface area (Å²) in [6.45, 7) is 0.449. The van der Waals surface area contributed by atoms with E-state index < -0.39 is 0 Å². The first-order chi connectivity index (χ1) is 12.5. The number of hydrogen-bond acceptors (Lipinski definition) is 3. The van der Waals surface area contributed by atoms with Crippen molar-refractivity contribution in [3.8, 4) is 16.9 Å². The van der Waals surface area contributed by atoms with Crippen molar-refractivity contribution in [1.29, 1.82) is 10.8 Å². The Morgan fingerprint density at radius 3 is 1.54 bits per heavy atom. The smallest absolute Gasteiger partial charge is 0.122 e. The van der Waals surface area contributed by atoms with E-state index in [1.54, 1.807) is 0 Å². The molecular formula is C21H20N4O. The number of ether oxygens (including phenoxy) is 1. The van der Waals surface area contributed by atoms with Crippen LogP contribution in [0.15, 0.2) is 72.8 Å². The summed E-state index contributed by atoms with van der Waals surface area (Å²) in [7, 11) is 0. The van der Waals surface area contributed by atoms with Crippen LogP contribution in [0.25, 0.3) is 11.1 Å². The molecule has 5 heteroatoms. The zero-order valence-electron chi connectivity index (χ0n) is 14.2. The lowest BCUT2D eigenvalue weighted by molar-refractivity contribution is 0.306. The Morgan fingerprint density at radius 1 is 0.654 bits per heavy atom. The van der Waals surface area contributed by atoms with Gasteiger partial charge >= 0.3 is 0 Å². The van der Waals surface area contributed by atoms with Crippen molar-refractivity contribution < 1.29 is 4.74 Å². The van der Waals surface area contributed by atoms with Crippen LogP contribution in [0.3, 0.4) is 0 Å². The van der Waals surface area contributed by atoms with Crippen molar-refractivity contribution >= 4 is 11.7 Å². The van der Waals surface area contributed by atoms with Crippen LogP contribution in [0.1, 0.15) is 16.7 Å². The zero-order chi connectivity index (χ0) is 18.5. The number of hydrogen-bond donors (Lipinski definition) is 4. The molecule has 130 valence electrons. The molecule has 0 fully saturated rings. The second-order valence-electron chi connectivity index (χ2n) is 5.91. The second kappa shape index (κ2) is 7.53. The average molecular weight is 344 g/mol. The fourth-order valence-corrected chi connectivity index (χ4v) is 2.53. The number of nitrogens with two attached hydrogens (primary N) is 2. The summed E-state index contributed by atoms with van der Waals surface area (Å²) in [6.07, 6.45) is 0. The van der Waals surface area contributed by atoms with Gasteiger partial charge in [-0.05, 0) is 28.8 Å². The van der Waals surface area contributed by atoms with E-state index in [1.165, 1.54) is 0 Å². The van der Waals surface area contributed by atoms with E-state index >= 15 is 0 Å². The molecule has 0 atom stereocenters. The van der Waals surface area contributed by atoms with Crippen LogP contribution in [-0.4, -0.2) is 11.7 Å². The third-order valence-corrected chi connectivity index (χ3v) is 4.05. The molecule has 0 amide bonds. The lowest BCUT2D eigenvalue weighted by atomic mass is 10.0. The molecule has 0 spiro atoms. The number of rotatable bonds is 6. The Balaban J connectivity index is 1.64. The third-order valence-electron chi connectivity index (χ3n) is 4.05. The highest BCUT2D eigenvalue weighted by atomic mass is 16.5. The van der Waals surface area contributed by atoms with E-state index in [4.69, 9.17) is 27.0 Å². The maximum Gasteiger partial charge on any atom is 0.122 e. The molecule has 0 aliphatic rings. The van der Waals surface area contributed by atoms with Crippen LogP contribution in [0, 0.1) is 10.8 Å². The molecule has 5 nitrogen and oxygen atoms in total. The van der Waals surface area contributed by atoms with Gasteiger partial charge in [0, 0.05) is 11.1 Å². The largest absolute Gasteiger partial charge is 0.489 e. The highest BCUT2D eigenvalue weighted by molar-refractivity contribution is 5.95. The molecule has 0 aliphatic heterocycles. The SMILES string of the molecule is N=C(N)c1ccc(COc2ccc(-c3ccc(C(=N)N)cc3)cc2)cc1. The van der Waals surface area contributed by atoms with Crippen LogP contribution in [0.5, 0.6) is 5.75 Å². The Bertz CT molecular complexity index is 914. The minimum atomic E-state index is 0.0596. The van der Waals surface area contributed by atoms with Gasteiger partial charge in [0.2, 0.25) is 0 Å². The fourth-order valence-electron chi connectivity index (χ4n) is 2.53. The number of amidine groups is 2. The Kier molecular flexibility index (Phi) is 4.99. The summed E-state index contributed by atoms with van der Waals surface area (Å²) < 4.78 is 5.80. The first kappa shape index (κ1) is 17.2. The van der Waals surface area contributed by atoms with Crippen molar-refractivity contribution in [3.05, 3.63) is 89.5 Å². The van der Waals surface area contributed by atoms with Crippen molar-refractivity contribution in [1.82, 2.24) is 0 Å². The molecule has 0 saturated heterocycles. The van der Waals surface area contributed by atoms with E-state index in [1.807, 2.05) is 72.8 Å². The lowest BCUT2D eigenvalue weighted by Crippen LogP contribution is -2.10. The summed E-state index contributed by atoms with van der Waals surface area (Å²) in [4.78, 5) is 0. The standard InChI is InChI=1S/C21H20N4O/c22-20(23)17-3-1-14(2-4-17)13-26-19-11-9-16(10-12-19)15-5-7-18(8-6-15)21(24)25/h1-12H,13H2,(H3,22,23)(H3,24,25). The molecule has 0 aliphatic carbocycles. The van der Waals surface area contributed by atoms with E-state index in [-0.39, 0.29) is 11.7 Å². The molecule has 0 saturated carbocycles. The molecule has 0 unspecified atom stereocenters. The molecule has 6 N–H and O–H groups in total. The van der Waals surface area contributed by atoms with E-state index in [9.17, 15) is 0 Å². The van der Waals surface area contributed by atoms with Crippen molar-refractivity contribution in [3.63, 3.8) is 0 Å². The number of benzene rings is 3. The predicted molar refractivity (Wildman–Crippen MR) is 105 cm³/mol. The van der Waals surface area contributed by atoms with Gasteiger partial charge in [-0.3, -0.25) is 10.8 Å². The molecule has 0 aromatic heterocycles. The lowest BCUT2D eigenvalue weighted by Gasteiger charge is -2.09. The molecule has 0 bridgehead atoms. The van der Waals surface area contributed by atoms with Crippen molar-refractivity contribution in [2.75, 3.05) is 0 Å². The maximum absolute atomic E-state index is 7.43. The van der Waals surface area contributed by atoms with Gasteiger partial charge in [-0.1, -0.05) is 60.7 Å². The summed E-state index contributed by atoms with van der Waals surface area (Å²) in [5.41, 5.74) is 15.5. The van der Waals surface area contributed by atoms with E-state index in [0.717, 1.165) is 22.4 Å². The fraction of sp³-hybridized carbons (Fsp3) is 0.0476. The van der Waals surface area contributed by atoms with Crippen molar-refractivity contribution in [2.45, 2.75) is 6.61 Å². The number of nitrogen functional groups attached to an aromatic ring is 2. The van der Waals surface area contributed by atoms with Gasteiger partial charge < -0.3 is 16.2 Å². The van der Waals surface area contributed by atoms with Crippen LogP contribution < -0.4 is 16.2 Å². The van der Waals surface area contributed by atoms with Crippen LogP contribution in [0.2, 0.25) is 0 Å². The average Bonchev–Trinajstić information content (AvgIpc) is 2.67. The van der Waals surface area contributed by atoms with Gasteiger partial charge in [0.05, 0.1) is 0 Å². The summed E-state index contributed by atoms with van der Waals surface area (Å²) in [5.74, 6) is 0.908. The highest BCUT2D eigenvalue weighted by Gasteiger charge is 2.02. The first-order valence-electron chi connectivity index (χ1n) is 8.14. The molecule has 3 aromatic rings. The molecule has 3 aromatic carbocycles. The third kappa shape index (κ3) is 4.08. The molecule has 26 heavy (non-hydrogen) atoms. The van der Waals surface area contributed by atoms with Gasteiger partial charge in [-0.25, -0.2) is 0 Å². The monoisotopic (exact) mass is 344 g/mol. The van der Waals surface area contributed by atoms with Gasteiger partial charge in [-0.15, -0.1) is 0 Å². The van der Waals surface area contributed by atoms with Crippen molar-refractivity contribution in [2.24, 2.45) is 11.5 Å². The summed E-state index contributed by atoms with van der Waals surface area (Å²) in [6, 6.07) is 22.9. The second-order valence-corrected chi connectivity index (χ2v) is 5.91. The van der Waals surface area contributed by atoms with Crippen LogP contribution in [-0.2, 0) is 6.61 Å². The maximum atomic E-state index is 7.43. The van der Waals surface area contributed by atoms with Gasteiger partial charge in [0.1, 0.15) is 24.0 Å². The summed E-state index contributed by atoms with van der Waals surface area (Å²) >= 11 is 0. The van der Waals surface area contributed by atoms with E-state index in [0.29, 0.717) is 17.7 Å². The quantitative estimate of drug-likeness (QED) is 0.406. The highest BCUT2D eigenvalue weighted by Crippen LogP contribution is 2.23. The molecule has 0 heterocycles. The van der Waals surface area contributed by atoms with Crippen LogP contribution in [0.4, 0.5) is 0 Å². The summed E-state index contributed by atoms with van der Waals surface area (Å²) in [5, 5.41) is 14.8. The Labute approximate surface area is 152 Å². The van der Waals surface area contributed by atoms with Crippen LogP contribution >= 0.6 is 0 Å². The zero-order valence-corrected chi connectivity index (χ0v) is 14.2. The minimum Gasteiger partial charge on any atom is -0.489 e. The predicted octanol–water partition coefficient (Wildman–Crippen LogP) is 3.50. The topological polar surface area (TPSA) is 109 Å². The minimum absolute atomic E-state index is 0.0596. The van der Waals surface area contributed by atoms with Gasteiger partial charge in [-0.2, -0.15) is 0 Å². The Morgan fingerprint density at radius 2 is 1.08 bits per heavy atom. The first-order valence-corrected chi connectivity index (χ1v) is 8.14. The molecule has 3 rings (SSSR count). The van der Waals surface area contributed by atoms with Gasteiger partial charge in [0.25, 0.3) is 0 Å². The normalized spacial score (nSPS) is 10.3. The van der Waals surface area contributed by atoms with E-state index in [2.05, 4.69) is 0 Å². The molecular weight excluding hydrogens is 324 g/mol. The molecule has 0 radical (unpaired) electrons. The number of nitrogens with one attached hydrogen (secondary N) is 2. The van der Waals surface area contributed by atoms with Gasteiger partial charge in [0.15, 0.2) is 0 Å². The Hall–Kier alpha value is -3.60.